The lowest BCUT2D eigenvalue weighted by Gasteiger charge is -2.07. The van der Waals surface area contributed by atoms with E-state index in [1.165, 1.54) is 12.1 Å². The molecule has 2 rings (SSSR count). The Morgan fingerprint density at radius 2 is 1.63 bits per heavy atom. The third-order valence-electron chi connectivity index (χ3n) is 2.44. The quantitative estimate of drug-likeness (QED) is 0.922. The predicted molar refractivity (Wildman–Crippen MR) is 64.1 cm³/mol. The first-order valence-corrected chi connectivity index (χ1v) is 5.46. The van der Waals surface area contributed by atoms with Crippen molar-refractivity contribution in [3.63, 3.8) is 0 Å². The van der Waals surface area contributed by atoms with Gasteiger partial charge in [-0.2, -0.15) is 0 Å². The molecule has 1 N–H and O–H groups in total. The highest BCUT2D eigenvalue weighted by Crippen LogP contribution is 2.17. The summed E-state index contributed by atoms with van der Waals surface area (Å²) in [5.74, 6) is -2.35. The molecule has 0 aromatic heterocycles. The highest BCUT2D eigenvalue weighted by atomic mass is 19.1. The molecule has 19 heavy (non-hydrogen) atoms. The summed E-state index contributed by atoms with van der Waals surface area (Å²) in [4.78, 5) is 10.7. The largest absolute Gasteiger partial charge is 0.489 e. The molecule has 0 unspecified atom stereocenters. The first-order chi connectivity index (χ1) is 9.04. The molecule has 98 valence electrons. The monoisotopic (exact) mass is 264 g/mol. The molecular weight excluding hydrogens is 254 g/mol. The topological polar surface area (TPSA) is 46.5 Å². The first-order valence-electron chi connectivity index (χ1n) is 5.46. The van der Waals surface area contributed by atoms with Crippen LogP contribution in [0.4, 0.5) is 8.78 Å². The molecule has 0 atom stereocenters. The Labute approximate surface area is 108 Å². The molecule has 0 fully saturated rings. The number of carbonyl (C=O) groups is 1. The minimum Gasteiger partial charge on any atom is -0.489 e. The summed E-state index contributed by atoms with van der Waals surface area (Å²) >= 11 is 0. The standard InChI is InChI=1S/C14H10F2O3/c15-11-5-12(16)7-13(6-11)19-8-9-1-3-10(4-2-9)14(17)18/h1-7H,8H2,(H,17,18). The molecule has 0 heterocycles. The highest BCUT2D eigenvalue weighted by Gasteiger charge is 2.04. The smallest absolute Gasteiger partial charge is 0.335 e. The second-order valence-corrected chi connectivity index (χ2v) is 3.90. The van der Waals surface area contributed by atoms with Gasteiger partial charge in [0.1, 0.15) is 24.0 Å². The SMILES string of the molecule is O=C(O)c1ccc(COc2cc(F)cc(F)c2)cc1. The van der Waals surface area contributed by atoms with Gasteiger partial charge in [0.15, 0.2) is 0 Å². The van der Waals surface area contributed by atoms with E-state index in [1.807, 2.05) is 0 Å². The van der Waals surface area contributed by atoms with Crippen LogP contribution in [0.25, 0.3) is 0 Å². The van der Waals surface area contributed by atoms with E-state index in [-0.39, 0.29) is 17.9 Å². The third kappa shape index (κ3) is 3.51. The van der Waals surface area contributed by atoms with E-state index >= 15 is 0 Å². The zero-order valence-corrected chi connectivity index (χ0v) is 9.77. The van der Waals surface area contributed by atoms with E-state index in [2.05, 4.69) is 0 Å². The fourth-order valence-corrected chi connectivity index (χ4v) is 1.52. The molecule has 0 saturated heterocycles. The normalized spacial score (nSPS) is 10.2. The Morgan fingerprint density at radius 3 is 2.16 bits per heavy atom. The van der Waals surface area contributed by atoms with Crippen LogP contribution >= 0.6 is 0 Å². The van der Waals surface area contributed by atoms with Crippen molar-refractivity contribution in [1.29, 1.82) is 0 Å². The second-order valence-electron chi connectivity index (χ2n) is 3.90. The Balaban J connectivity index is 2.03. The van der Waals surface area contributed by atoms with Crippen LogP contribution < -0.4 is 4.74 Å². The Morgan fingerprint density at radius 1 is 1.05 bits per heavy atom. The van der Waals surface area contributed by atoms with Gasteiger partial charge in [-0.05, 0) is 17.7 Å². The second kappa shape index (κ2) is 5.48. The summed E-state index contributed by atoms with van der Waals surface area (Å²) in [5, 5.41) is 8.73. The summed E-state index contributed by atoms with van der Waals surface area (Å²) in [6.07, 6.45) is 0. The van der Waals surface area contributed by atoms with Crippen LogP contribution in [0.15, 0.2) is 42.5 Å². The fraction of sp³-hybridized carbons (Fsp3) is 0.0714. The van der Waals surface area contributed by atoms with E-state index in [4.69, 9.17) is 9.84 Å². The van der Waals surface area contributed by atoms with E-state index in [1.54, 1.807) is 12.1 Å². The predicted octanol–water partition coefficient (Wildman–Crippen LogP) is 3.24. The maximum Gasteiger partial charge on any atom is 0.335 e. The molecule has 0 aliphatic carbocycles. The minimum atomic E-state index is -1.01. The lowest BCUT2D eigenvalue weighted by atomic mass is 10.1. The molecule has 2 aromatic rings. The number of carboxylic acids is 1. The van der Waals surface area contributed by atoms with Gasteiger partial charge in [-0.1, -0.05) is 12.1 Å². The van der Waals surface area contributed by atoms with Crippen LogP contribution in [0.3, 0.4) is 0 Å². The molecule has 3 nitrogen and oxygen atoms in total. The number of aromatic carboxylic acids is 1. The van der Waals surface area contributed by atoms with Crippen LogP contribution in [-0.4, -0.2) is 11.1 Å². The van der Waals surface area contributed by atoms with Crippen molar-refractivity contribution in [2.45, 2.75) is 6.61 Å². The van der Waals surface area contributed by atoms with Gasteiger partial charge in [-0.15, -0.1) is 0 Å². The van der Waals surface area contributed by atoms with Gasteiger partial charge in [0, 0.05) is 18.2 Å². The van der Waals surface area contributed by atoms with Crippen molar-refractivity contribution < 1.29 is 23.4 Å². The zero-order chi connectivity index (χ0) is 13.8. The lowest BCUT2D eigenvalue weighted by molar-refractivity contribution is 0.0697. The summed E-state index contributed by atoms with van der Waals surface area (Å²) in [6.45, 7) is 0.1000. The Bertz CT molecular complexity index is 574. The summed E-state index contributed by atoms with van der Waals surface area (Å²) < 4.78 is 31.0. The molecule has 0 bridgehead atoms. The van der Waals surface area contributed by atoms with E-state index in [9.17, 15) is 13.6 Å². The van der Waals surface area contributed by atoms with Crippen LogP contribution in [0.1, 0.15) is 15.9 Å². The summed E-state index contributed by atoms with van der Waals surface area (Å²) in [5.41, 5.74) is 0.871. The summed E-state index contributed by atoms with van der Waals surface area (Å²) in [7, 11) is 0. The Kier molecular flexibility index (Phi) is 3.75. The lowest BCUT2D eigenvalue weighted by Crippen LogP contribution is -1.99. The van der Waals surface area contributed by atoms with Gasteiger partial charge in [-0.25, -0.2) is 13.6 Å². The number of halogens is 2. The number of benzene rings is 2. The molecular formula is C14H10F2O3. The van der Waals surface area contributed by atoms with E-state index < -0.39 is 17.6 Å². The van der Waals surface area contributed by atoms with Gasteiger partial charge in [0.25, 0.3) is 0 Å². The zero-order valence-electron chi connectivity index (χ0n) is 9.77. The fourth-order valence-electron chi connectivity index (χ4n) is 1.52. The van der Waals surface area contributed by atoms with Crippen molar-refractivity contribution in [2.75, 3.05) is 0 Å². The molecule has 0 spiro atoms. The Hall–Kier alpha value is -2.43. The number of rotatable bonds is 4. The molecule has 0 radical (unpaired) electrons. The number of hydrogen-bond donors (Lipinski definition) is 1. The molecule has 5 heteroatoms. The van der Waals surface area contributed by atoms with Crippen molar-refractivity contribution in [1.82, 2.24) is 0 Å². The van der Waals surface area contributed by atoms with Gasteiger partial charge in [0.2, 0.25) is 0 Å². The van der Waals surface area contributed by atoms with Crippen molar-refractivity contribution >= 4 is 5.97 Å². The van der Waals surface area contributed by atoms with E-state index in [0.29, 0.717) is 5.56 Å². The van der Waals surface area contributed by atoms with Crippen LogP contribution in [0.5, 0.6) is 5.75 Å². The van der Waals surface area contributed by atoms with E-state index in [0.717, 1.165) is 18.2 Å². The van der Waals surface area contributed by atoms with Crippen LogP contribution in [0.2, 0.25) is 0 Å². The van der Waals surface area contributed by atoms with Crippen LogP contribution in [0, 0.1) is 11.6 Å². The average molecular weight is 264 g/mol. The van der Waals surface area contributed by atoms with Gasteiger partial charge >= 0.3 is 5.97 Å². The van der Waals surface area contributed by atoms with Crippen molar-refractivity contribution in [3.05, 3.63) is 65.2 Å². The number of hydrogen-bond acceptors (Lipinski definition) is 2. The average Bonchev–Trinajstić information content (AvgIpc) is 2.36. The van der Waals surface area contributed by atoms with Crippen molar-refractivity contribution in [3.8, 4) is 5.75 Å². The first kappa shape index (κ1) is 13.0. The molecule has 0 aliphatic heterocycles. The number of carboxylic acid groups (broad SMARTS) is 1. The van der Waals surface area contributed by atoms with Gasteiger partial charge in [0.05, 0.1) is 5.56 Å². The highest BCUT2D eigenvalue weighted by molar-refractivity contribution is 5.87. The molecule has 2 aromatic carbocycles. The van der Waals surface area contributed by atoms with Crippen LogP contribution in [-0.2, 0) is 6.61 Å². The van der Waals surface area contributed by atoms with Crippen molar-refractivity contribution in [2.24, 2.45) is 0 Å². The summed E-state index contributed by atoms with van der Waals surface area (Å²) in [6, 6.07) is 8.95. The number of ether oxygens (including phenoxy) is 1. The third-order valence-corrected chi connectivity index (χ3v) is 2.44. The van der Waals surface area contributed by atoms with Gasteiger partial charge < -0.3 is 9.84 Å². The molecule has 0 saturated carbocycles. The minimum absolute atomic E-state index is 0.0832. The molecule has 0 aliphatic rings. The molecule has 0 amide bonds. The maximum atomic E-state index is 12.9. The maximum absolute atomic E-state index is 12.9. The van der Waals surface area contributed by atoms with Gasteiger partial charge in [-0.3, -0.25) is 0 Å².